The lowest BCUT2D eigenvalue weighted by atomic mass is 10.2. The highest BCUT2D eigenvalue weighted by molar-refractivity contribution is 7.92. The summed E-state index contributed by atoms with van der Waals surface area (Å²) in [5.74, 6) is -0.754. The Kier molecular flexibility index (Phi) is 6.70. The molecule has 1 heterocycles. The predicted octanol–water partition coefficient (Wildman–Crippen LogP) is 3.89. The molecular weight excluding hydrogens is 471 g/mol. The van der Waals surface area contributed by atoms with Gasteiger partial charge in [-0.2, -0.15) is 13.2 Å². The van der Waals surface area contributed by atoms with Crippen LogP contribution in [0.25, 0.3) is 0 Å². The topological polar surface area (TPSA) is 86.8 Å². The highest BCUT2D eigenvalue weighted by Gasteiger charge is 2.34. The molecule has 0 radical (unpaired) electrons. The summed E-state index contributed by atoms with van der Waals surface area (Å²) < 4.78 is 64.4. The van der Waals surface area contributed by atoms with Gasteiger partial charge < -0.3 is 10.2 Å². The van der Waals surface area contributed by atoms with Gasteiger partial charge in [-0.25, -0.2) is 8.42 Å². The Bertz CT molecular complexity index is 1140. The van der Waals surface area contributed by atoms with Crippen LogP contribution in [0.5, 0.6) is 0 Å². The van der Waals surface area contributed by atoms with E-state index in [9.17, 15) is 31.2 Å². The zero-order valence-corrected chi connectivity index (χ0v) is 18.4. The molecule has 3 rings (SSSR count). The normalized spacial score (nSPS) is 14.5. The molecule has 1 saturated heterocycles. The molecule has 0 atom stereocenters. The second kappa shape index (κ2) is 8.99. The van der Waals surface area contributed by atoms with Crippen molar-refractivity contribution in [2.45, 2.75) is 19.0 Å². The Morgan fingerprint density at radius 3 is 2.38 bits per heavy atom. The van der Waals surface area contributed by atoms with Crippen molar-refractivity contribution < 1.29 is 31.2 Å². The van der Waals surface area contributed by atoms with Crippen molar-refractivity contribution in [2.24, 2.45) is 0 Å². The highest BCUT2D eigenvalue weighted by atomic mass is 35.5. The van der Waals surface area contributed by atoms with Crippen LogP contribution in [0.4, 0.5) is 30.2 Å². The Hall–Kier alpha value is -2.79. The highest BCUT2D eigenvalue weighted by Crippen LogP contribution is 2.37. The Morgan fingerprint density at radius 2 is 1.84 bits per heavy atom. The maximum absolute atomic E-state index is 13.2. The average Bonchev–Trinajstić information content (AvgIpc) is 3.11. The molecule has 32 heavy (non-hydrogen) atoms. The zero-order valence-electron chi connectivity index (χ0n) is 16.8. The van der Waals surface area contributed by atoms with Crippen LogP contribution < -0.4 is 14.5 Å². The van der Waals surface area contributed by atoms with Crippen LogP contribution in [-0.4, -0.2) is 39.6 Å². The summed E-state index contributed by atoms with van der Waals surface area (Å²) in [5, 5.41) is 1.92. The summed E-state index contributed by atoms with van der Waals surface area (Å²) in [5.41, 5.74) is -0.546. The molecule has 0 unspecified atom stereocenters. The van der Waals surface area contributed by atoms with Crippen LogP contribution in [0.2, 0.25) is 5.02 Å². The molecule has 0 aromatic heterocycles. The maximum atomic E-state index is 13.2. The van der Waals surface area contributed by atoms with Gasteiger partial charge in [-0.15, -0.1) is 0 Å². The van der Waals surface area contributed by atoms with Crippen LogP contribution >= 0.6 is 11.6 Å². The van der Waals surface area contributed by atoms with Gasteiger partial charge in [0.2, 0.25) is 21.8 Å². The van der Waals surface area contributed by atoms with Gasteiger partial charge in [0.25, 0.3) is 0 Å². The summed E-state index contributed by atoms with van der Waals surface area (Å²) in [6.45, 7) is -0.140. The Labute approximate surface area is 187 Å². The number of nitrogens with zero attached hydrogens (tertiary/aromatic N) is 2. The van der Waals surface area contributed by atoms with Crippen molar-refractivity contribution >= 4 is 50.5 Å². The summed E-state index contributed by atoms with van der Waals surface area (Å²) in [7, 11) is -4.09. The second-order valence-corrected chi connectivity index (χ2v) is 9.49. The number of sulfonamides is 1. The van der Waals surface area contributed by atoms with E-state index in [1.807, 2.05) is 0 Å². The van der Waals surface area contributed by atoms with Gasteiger partial charge in [-0.3, -0.25) is 13.9 Å². The third-order valence-corrected chi connectivity index (χ3v) is 6.24. The van der Waals surface area contributed by atoms with Crippen LogP contribution in [-0.2, 0) is 25.8 Å². The number of alkyl halides is 3. The number of benzene rings is 2. The number of carbonyl (C=O) groups excluding carboxylic acids is 2. The maximum Gasteiger partial charge on any atom is 0.417 e. The smallest absolute Gasteiger partial charge is 0.325 e. The summed E-state index contributed by atoms with van der Waals surface area (Å²) in [6.07, 6.45) is -2.78. The van der Waals surface area contributed by atoms with Crippen molar-refractivity contribution in [1.82, 2.24) is 0 Å². The van der Waals surface area contributed by atoms with E-state index >= 15 is 0 Å². The van der Waals surface area contributed by atoms with Gasteiger partial charge in [-0.1, -0.05) is 11.6 Å². The van der Waals surface area contributed by atoms with E-state index in [0.29, 0.717) is 34.7 Å². The minimum absolute atomic E-state index is 0.00627. The molecule has 1 fully saturated rings. The minimum atomic E-state index is -4.79. The van der Waals surface area contributed by atoms with E-state index in [1.54, 1.807) is 29.2 Å². The lowest BCUT2D eigenvalue weighted by molar-refractivity contribution is -0.137. The van der Waals surface area contributed by atoms with E-state index in [4.69, 9.17) is 11.6 Å². The fourth-order valence-electron chi connectivity index (χ4n) is 3.26. The Morgan fingerprint density at radius 1 is 1.19 bits per heavy atom. The molecule has 1 aliphatic heterocycles. The fraction of sp³-hybridized carbons (Fsp3) is 0.300. The van der Waals surface area contributed by atoms with Gasteiger partial charge in [0.15, 0.2) is 0 Å². The summed E-state index contributed by atoms with van der Waals surface area (Å²) in [6, 6.07) is 8.98. The SMILES string of the molecule is CS(=O)(=O)N(CC(=O)Nc1ccc(N2CCCC2=O)cc1)c1ccc(Cl)c(C(F)(F)F)c1. The number of nitrogens with one attached hydrogen (secondary N) is 1. The van der Waals surface area contributed by atoms with Crippen molar-refractivity contribution in [2.75, 3.05) is 33.9 Å². The van der Waals surface area contributed by atoms with Crippen LogP contribution in [0.1, 0.15) is 18.4 Å². The quantitative estimate of drug-likeness (QED) is 0.667. The molecule has 2 aromatic rings. The molecule has 7 nitrogen and oxygen atoms in total. The van der Waals surface area contributed by atoms with Gasteiger partial charge in [-0.05, 0) is 48.9 Å². The second-order valence-electron chi connectivity index (χ2n) is 7.18. The zero-order chi connectivity index (χ0) is 23.7. The largest absolute Gasteiger partial charge is 0.417 e. The Balaban J connectivity index is 1.77. The average molecular weight is 490 g/mol. The number of amides is 2. The van der Waals surface area contributed by atoms with E-state index in [-0.39, 0.29) is 11.6 Å². The molecule has 0 spiro atoms. The molecule has 0 aliphatic carbocycles. The molecule has 2 aromatic carbocycles. The molecule has 1 aliphatic rings. The summed E-state index contributed by atoms with van der Waals surface area (Å²) in [4.78, 5) is 25.9. The first-order chi connectivity index (χ1) is 14.9. The standard InChI is InChI=1S/C20H19ClF3N3O4S/c1-32(30,31)27(15-8-9-17(21)16(11-15)20(22,23)24)12-18(28)25-13-4-6-14(7-5-13)26-10-2-3-19(26)29/h4-9,11H,2-3,10,12H2,1H3,(H,25,28). The van der Waals surface area contributed by atoms with Crippen molar-refractivity contribution in [3.63, 3.8) is 0 Å². The van der Waals surface area contributed by atoms with Crippen molar-refractivity contribution in [3.05, 3.63) is 53.1 Å². The molecule has 0 saturated carbocycles. The first-order valence-corrected chi connectivity index (χ1v) is 11.6. The monoisotopic (exact) mass is 489 g/mol. The fourth-order valence-corrected chi connectivity index (χ4v) is 4.34. The van der Waals surface area contributed by atoms with Gasteiger partial charge in [0.1, 0.15) is 6.54 Å². The van der Waals surface area contributed by atoms with E-state index in [2.05, 4.69) is 5.32 Å². The molecular formula is C20H19ClF3N3O4S. The third kappa shape index (κ3) is 5.52. The van der Waals surface area contributed by atoms with Crippen LogP contribution in [0.15, 0.2) is 42.5 Å². The van der Waals surface area contributed by atoms with Crippen molar-refractivity contribution in [3.8, 4) is 0 Å². The number of hydrogen-bond acceptors (Lipinski definition) is 4. The minimum Gasteiger partial charge on any atom is -0.325 e. The lowest BCUT2D eigenvalue weighted by Crippen LogP contribution is -2.37. The lowest BCUT2D eigenvalue weighted by Gasteiger charge is -2.23. The van der Waals surface area contributed by atoms with Gasteiger partial charge in [0, 0.05) is 24.3 Å². The number of hydrogen-bond donors (Lipinski definition) is 1. The predicted molar refractivity (Wildman–Crippen MR) is 115 cm³/mol. The number of halogens is 4. The van der Waals surface area contributed by atoms with E-state index < -0.39 is 39.2 Å². The number of anilines is 3. The molecule has 0 bridgehead atoms. The number of rotatable bonds is 6. The first kappa shape index (κ1) is 23.9. The van der Waals surface area contributed by atoms with Crippen LogP contribution in [0.3, 0.4) is 0 Å². The number of carbonyl (C=O) groups is 2. The first-order valence-electron chi connectivity index (χ1n) is 9.41. The molecule has 12 heteroatoms. The molecule has 172 valence electrons. The van der Waals surface area contributed by atoms with E-state index in [1.165, 1.54) is 0 Å². The van der Waals surface area contributed by atoms with Crippen LogP contribution in [0, 0.1) is 0 Å². The third-order valence-electron chi connectivity index (χ3n) is 4.77. The molecule has 1 N–H and O–H groups in total. The van der Waals surface area contributed by atoms with E-state index in [0.717, 1.165) is 24.8 Å². The molecule has 2 amide bonds. The van der Waals surface area contributed by atoms with Crippen molar-refractivity contribution in [1.29, 1.82) is 0 Å². The van der Waals surface area contributed by atoms with Gasteiger partial charge >= 0.3 is 6.18 Å². The van der Waals surface area contributed by atoms with Gasteiger partial charge in [0.05, 0.1) is 22.5 Å². The summed E-state index contributed by atoms with van der Waals surface area (Å²) >= 11 is 5.59.